The van der Waals surface area contributed by atoms with Crippen molar-refractivity contribution in [2.75, 3.05) is 0 Å². The van der Waals surface area contributed by atoms with E-state index in [9.17, 15) is 26.3 Å². The van der Waals surface area contributed by atoms with E-state index in [0.717, 1.165) is 49.7 Å². The van der Waals surface area contributed by atoms with Crippen molar-refractivity contribution < 1.29 is 26.3 Å². The Morgan fingerprint density at radius 1 is 0.871 bits per heavy atom. The number of alkyl halides is 3. The highest BCUT2D eigenvalue weighted by atomic mass is 19.4. The highest BCUT2D eigenvalue weighted by Crippen LogP contribution is 2.45. The molecule has 0 unspecified atom stereocenters. The van der Waals surface area contributed by atoms with Crippen LogP contribution in [-0.4, -0.2) is 6.18 Å². The number of hydrogen-bond acceptors (Lipinski definition) is 0. The lowest BCUT2D eigenvalue weighted by molar-refractivity contribution is -0.0913. The van der Waals surface area contributed by atoms with Gasteiger partial charge in [-0.2, -0.15) is 13.2 Å². The molecule has 0 atom stereocenters. The summed E-state index contributed by atoms with van der Waals surface area (Å²) in [4.78, 5) is 0. The lowest BCUT2D eigenvalue weighted by atomic mass is 9.68. The lowest BCUT2D eigenvalue weighted by Crippen LogP contribution is -2.25. The summed E-state index contributed by atoms with van der Waals surface area (Å²) >= 11 is 0. The van der Waals surface area contributed by atoms with Gasteiger partial charge in [0, 0.05) is 0 Å². The van der Waals surface area contributed by atoms with Crippen LogP contribution in [0.1, 0.15) is 95.1 Å². The largest absolute Gasteiger partial charge is 0.415 e. The Hall–Kier alpha value is -1.46. The van der Waals surface area contributed by atoms with Gasteiger partial charge in [-0.1, -0.05) is 32.6 Å². The number of halogens is 6. The molecular weight excluding hydrogens is 414 g/mol. The third kappa shape index (κ3) is 5.67. The molecule has 6 heteroatoms. The maximum absolute atomic E-state index is 14.5. The first-order valence-corrected chi connectivity index (χ1v) is 11.5. The summed E-state index contributed by atoms with van der Waals surface area (Å²) in [6, 6.07) is 2.03. The van der Waals surface area contributed by atoms with Crippen LogP contribution in [0.5, 0.6) is 0 Å². The molecule has 0 amide bonds. The fourth-order valence-corrected chi connectivity index (χ4v) is 5.63. The molecule has 1 aromatic rings. The standard InChI is InChI=1S/C25H32F6/c1-3-4-16-5-7-17(8-6-16)18-9-11-19(12-10-18)20-13-21(26)23(22(27)14-20)24(28)15(2)25(29,30)31/h13-14,16-19H,3-12H2,1-2H3/b24-15-. The van der Waals surface area contributed by atoms with Gasteiger partial charge >= 0.3 is 6.18 Å². The van der Waals surface area contributed by atoms with Crippen LogP contribution in [0.25, 0.3) is 5.83 Å². The van der Waals surface area contributed by atoms with Crippen LogP contribution in [0.15, 0.2) is 17.7 Å². The summed E-state index contributed by atoms with van der Waals surface area (Å²) in [6.07, 6.45) is 6.31. The number of rotatable bonds is 5. The molecule has 0 bridgehead atoms. The smallest absolute Gasteiger partial charge is 0.206 e. The highest BCUT2D eigenvalue weighted by molar-refractivity contribution is 5.64. The Bertz CT molecular complexity index is 755. The lowest BCUT2D eigenvalue weighted by Gasteiger charge is -2.38. The van der Waals surface area contributed by atoms with E-state index in [1.165, 1.54) is 38.5 Å². The fourth-order valence-electron chi connectivity index (χ4n) is 5.63. The first kappa shape index (κ1) is 24.2. The summed E-state index contributed by atoms with van der Waals surface area (Å²) < 4.78 is 81.2. The van der Waals surface area contributed by atoms with Crippen LogP contribution in [0, 0.1) is 29.4 Å². The minimum Gasteiger partial charge on any atom is -0.206 e. The van der Waals surface area contributed by atoms with Gasteiger partial charge in [0.05, 0.1) is 11.1 Å². The Morgan fingerprint density at radius 2 is 1.35 bits per heavy atom. The Morgan fingerprint density at radius 3 is 1.81 bits per heavy atom. The monoisotopic (exact) mass is 446 g/mol. The summed E-state index contributed by atoms with van der Waals surface area (Å²) in [5, 5.41) is 0. The summed E-state index contributed by atoms with van der Waals surface area (Å²) in [7, 11) is 0. The van der Waals surface area contributed by atoms with Gasteiger partial charge in [0.25, 0.3) is 0 Å². The Kier molecular flexibility index (Phi) is 7.80. The molecule has 1 aromatic carbocycles. The van der Waals surface area contributed by atoms with Crippen molar-refractivity contribution in [2.24, 2.45) is 17.8 Å². The maximum Gasteiger partial charge on any atom is 0.415 e. The molecule has 0 aliphatic heterocycles. The molecule has 0 nitrogen and oxygen atoms in total. The SMILES string of the molecule is CCCC1CCC(C2CCC(c3cc(F)c(/C(F)=C(\C)C(F)(F)F)c(F)c3)CC2)CC1. The molecule has 2 fully saturated rings. The van der Waals surface area contributed by atoms with Crippen molar-refractivity contribution in [3.63, 3.8) is 0 Å². The quantitative estimate of drug-likeness (QED) is 0.396. The zero-order valence-electron chi connectivity index (χ0n) is 18.3. The fraction of sp³-hybridized carbons (Fsp3) is 0.680. The van der Waals surface area contributed by atoms with Gasteiger partial charge in [-0.05, 0) is 86.8 Å². The van der Waals surface area contributed by atoms with Gasteiger partial charge in [0.1, 0.15) is 17.5 Å². The van der Waals surface area contributed by atoms with Crippen molar-refractivity contribution in [2.45, 2.75) is 90.1 Å². The molecule has 0 aromatic heterocycles. The molecule has 3 rings (SSSR count). The van der Waals surface area contributed by atoms with Crippen molar-refractivity contribution in [1.29, 1.82) is 0 Å². The van der Waals surface area contributed by atoms with Crippen LogP contribution in [0.3, 0.4) is 0 Å². The van der Waals surface area contributed by atoms with Gasteiger partial charge in [-0.25, -0.2) is 13.2 Å². The van der Waals surface area contributed by atoms with Crippen LogP contribution in [0.2, 0.25) is 0 Å². The Balaban J connectivity index is 1.65. The molecule has 31 heavy (non-hydrogen) atoms. The van der Waals surface area contributed by atoms with E-state index < -0.39 is 34.8 Å². The van der Waals surface area contributed by atoms with Crippen LogP contribution in [-0.2, 0) is 0 Å². The third-order valence-electron chi connectivity index (χ3n) is 7.54. The second-order valence-electron chi connectivity index (χ2n) is 9.48. The van der Waals surface area contributed by atoms with Crippen LogP contribution < -0.4 is 0 Å². The summed E-state index contributed by atoms with van der Waals surface area (Å²) in [5.74, 6) is -2.24. The van der Waals surface area contributed by atoms with Gasteiger partial charge in [-0.15, -0.1) is 0 Å². The van der Waals surface area contributed by atoms with E-state index in [-0.39, 0.29) is 5.92 Å². The topological polar surface area (TPSA) is 0 Å². The van der Waals surface area contributed by atoms with Crippen molar-refractivity contribution in [1.82, 2.24) is 0 Å². The predicted octanol–water partition coefficient (Wildman–Crippen LogP) is 9.11. The molecule has 2 aliphatic rings. The van der Waals surface area contributed by atoms with Gasteiger partial charge < -0.3 is 0 Å². The van der Waals surface area contributed by atoms with E-state index in [1.54, 1.807) is 0 Å². The molecule has 2 aliphatic carbocycles. The zero-order chi connectivity index (χ0) is 22.8. The Labute approximate surface area is 181 Å². The number of allylic oxidation sites excluding steroid dienone is 1. The second-order valence-corrected chi connectivity index (χ2v) is 9.48. The van der Waals surface area contributed by atoms with E-state index in [4.69, 9.17) is 0 Å². The molecular formula is C25H32F6. The van der Waals surface area contributed by atoms with Crippen molar-refractivity contribution >= 4 is 5.83 Å². The number of benzene rings is 1. The van der Waals surface area contributed by atoms with Gasteiger partial charge in [-0.3, -0.25) is 0 Å². The predicted molar refractivity (Wildman–Crippen MR) is 111 cm³/mol. The van der Waals surface area contributed by atoms with Crippen LogP contribution in [0.4, 0.5) is 26.3 Å². The number of hydrogen-bond donors (Lipinski definition) is 0. The third-order valence-corrected chi connectivity index (χ3v) is 7.54. The minimum absolute atomic E-state index is 0.0403. The molecule has 0 spiro atoms. The van der Waals surface area contributed by atoms with Crippen LogP contribution >= 0.6 is 0 Å². The highest BCUT2D eigenvalue weighted by Gasteiger charge is 2.36. The first-order chi connectivity index (χ1) is 14.6. The van der Waals surface area contributed by atoms with E-state index >= 15 is 0 Å². The normalized spacial score (nSPS) is 28.4. The second kappa shape index (κ2) is 9.99. The van der Waals surface area contributed by atoms with E-state index in [0.29, 0.717) is 18.4 Å². The molecule has 0 saturated heterocycles. The average Bonchev–Trinajstić information content (AvgIpc) is 2.73. The molecule has 174 valence electrons. The molecule has 0 N–H and O–H groups in total. The molecule has 2 saturated carbocycles. The summed E-state index contributed by atoms with van der Waals surface area (Å²) in [5.41, 5.74) is -2.44. The molecule has 0 radical (unpaired) electrons. The minimum atomic E-state index is -4.98. The van der Waals surface area contributed by atoms with Crippen molar-refractivity contribution in [3.05, 3.63) is 40.5 Å². The first-order valence-electron chi connectivity index (χ1n) is 11.5. The van der Waals surface area contributed by atoms with E-state index in [2.05, 4.69) is 6.92 Å². The zero-order valence-corrected chi connectivity index (χ0v) is 18.3. The van der Waals surface area contributed by atoms with E-state index in [1.807, 2.05) is 0 Å². The maximum atomic E-state index is 14.5. The van der Waals surface area contributed by atoms with Crippen molar-refractivity contribution in [3.8, 4) is 0 Å². The van der Waals surface area contributed by atoms with Gasteiger partial charge in [0.15, 0.2) is 0 Å². The van der Waals surface area contributed by atoms with Gasteiger partial charge in [0.2, 0.25) is 0 Å². The average molecular weight is 447 g/mol. The molecule has 0 heterocycles. The summed E-state index contributed by atoms with van der Waals surface area (Å²) in [6.45, 7) is 2.72.